The Hall–Kier alpha value is -4.23. The molecule has 0 fully saturated rings. The number of aromatic amines is 1. The fourth-order valence-electron chi connectivity index (χ4n) is 4.15. The van der Waals surface area contributed by atoms with Gasteiger partial charge in [0.1, 0.15) is 23.9 Å². The van der Waals surface area contributed by atoms with Crippen molar-refractivity contribution < 1.29 is 14.2 Å². The Kier molecular flexibility index (Phi) is 6.16. The molecule has 2 heterocycles. The maximum atomic E-state index is 14.1. The minimum absolute atomic E-state index is 0.0562. The number of aryl methyl sites for hydroxylation is 1. The number of rotatable bonds is 7. The number of benzene rings is 3. The average molecular weight is 469 g/mol. The van der Waals surface area contributed by atoms with Crippen molar-refractivity contribution in [3.63, 3.8) is 0 Å². The highest BCUT2D eigenvalue weighted by Gasteiger charge is 2.17. The summed E-state index contributed by atoms with van der Waals surface area (Å²) < 4.78 is 20.1. The van der Waals surface area contributed by atoms with Crippen molar-refractivity contribution in [3.05, 3.63) is 96.1 Å². The molecule has 0 aliphatic carbocycles. The molecule has 4 N–H and O–H groups in total. The third-order valence-electron chi connectivity index (χ3n) is 5.95. The first-order valence-corrected chi connectivity index (χ1v) is 11.3. The van der Waals surface area contributed by atoms with Gasteiger partial charge in [-0.1, -0.05) is 36.4 Å². The average Bonchev–Trinajstić information content (AvgIpc) is 3.25. The molecule has 0 bridgehead atoms. The van der Waals surface area contributed by atoms with Crippen molar-refractivity contribution in [3.8, 4) is 33.9 Å². The first-order chi connectivity index (χ1) is 17.0. The molecule has 0 aliphatic rings. The quantitative estimate of drug-likeness (QED) is 0.297. The van der Waals surface area contributed by atoms with E-state index >= 15 is 0 Å². The summed E-state index contributed by atoms with van der Waals surface area (Å²) in [5, 5.41) is 18.7. The van der Waals surface area contributed by atoms with Gasteiger partial charge < -0.3 is 15.6 Å². The lowest BCUT2D eigenvalue weighted by atomic mass is 9.97. The molecule has 0 radical (unpaired) electrons. The Balaban J connectivity index is 1.50. The molecule has 5 rings (SSSR count). The molecule has 1 atom stereocenters. The first kappa shape index (κ1) is 22.6. The molecule has 176 valence electrons. The van der Waals surface area contributed by atoms with Crippen molar-refractivity contribution in [2.75, 3.05) is 6.61 Å². The van der Waals surface area contributed by atoms with E-state index in [1.807, 2.05) is 61.5 Å². The lowest BCUT2D eigenvalue weighted by Crippen LogP contribution is -2.30. The summed E-state index contributed by atoms with van der Waals surface area (Å²) in [7, 11) is 0. The van der Waals surface area contributed by atoms with Crippen LogP contribution >= 0.6 is 0 Å². The lowest BCUT2D eigenvalue weighted by Gasteiger charge is -2.16. The van der Waals surface area contributed by atoms with Gasteiger partial charge in [-0.15, -0.1) is 0 Å². The highest BCUT2D eigenvalue weighted by atomic mass is 19.1. The summed E-state index contributed by atoms with van der Waals surface area (Å²) in [5.41, 5.74) is 11.5. The molecule has 6 nitrogen and oxygen atoms in total. The molecule has 0 spiro atoms. The summed E-state index contributed by atoms with van der Waals surface area (Å²) in [6.45, 7) is 2.23. The van der Waals surface area contributed by atoms with Crippen LogP contribution in [-0.4, -0.2) is 32.9 Å². The number of fused-ring (bicyclic) bond motifs is 1. The van der Waals surface area contributed by atoms with E-state index in [4.69, 9.17) is 10.5 Å². The van der Waals surface area contributed by atoms with E-state index in [-0.39, 0.29) is 11.8 Å². The molecule has 35 heavy (non-hydrogen) atoms. The minimum Gasteiger partial charge on any atom is -0.507 e. The number of nitrogens with two attached hydrogens (primary N) is 1. The third kappa shape index (κ3) is 4.85. The van der Waals surface area contributed by atoms with Gasteiger partial charge in [0, 0.05) is 22.6 Å². The zero-order chi connectivity index (χ0) is 24.4. The number of pyridine rings is 1. The highest BCUT2D eigenvalue weighted by Crippen LogP contribution is 2.38. The Bertz CT molecular complexity index is 1480. The van der Waals surface area contributed by atoms with E-state index in [1.54, 1.807) is 6.20 Å². The van der Waals surface area contributed by atoms with Crippen molar-refractivity contribution in [1.82, 2.24) is 15.2 Å². The molecular weight excluding hydrogens is 443 g/mol. The van der Waals surface area contributed by atoms with E-state index in [0.717, 1.165) is 27.7 Å². The van der Waals surface area contributed by atoms with Gasteiger partial charge in [-0.3, -0.25) is 10.1 Å². The fourth-order valence-corrected chi connectivity index (χ4v) is 4.15. The molecule has 0 saturated carbocycles. The number of halogens is 1. The number of hydrogen-bond acceptors (Lipinski definition) is 5. The van der Waals surface area contributed by atoms with E-state index in [2.05, 4.69) is 15.2 Å². The van der Waals surface area contributed by atoms with Gasteiger partial charge in [0.2, 0.25) is 0 Å². The maximum Gasteiger partial charge on any atom is 0.138 e. The Labute approximate surface area is 202 Å². The van der Waals surface area contributed by atoms with Crippen LogP contribution in [0.4, 0.5) is 4.39 Å². The monoisotopic (exact) mass is 468 g/mol. The number of ether oxygens (including phenoxy) is 1. The van der Waals surface area contributed by atoms with Crippen molar-refractivity contribution in [2.45, 2.75) is 19.4 Å². The van der Waals surface area contributed by atoms with E-state index < -0.39 is 5.82 Å². The number of nitrogens with one attached hydrogen (secondary N) is 1. The smallest absolute Gasteiger partial charge is 0.138 e. The zero-order valence-electron chi connectivity index (χ0n) is 19.2. The fraction of sp³-hybridized carbons (Fsp3) is 0.143. The van der Waals surface area contributed by atoms with Crippen LogP contribution in [0.5, 0.6) is 11.5 Å². The predicted octanol–water partition coefficient (Wildman–Crippen LogP) is 5.39. The van der Waals surface area contributed by atoms with Gasteiger partial charge in [-0.2, -0.15) is 5.10 Å². The van der Waals surface area contributed by atoms with Crippen molar-refractivity contribution in [2.24, 2.45) is 5.73 Å². The molecule has 0 aliphatic heterocycles. The molecule has 2 aromatic heterocycles. The van der Waals surface area contributed by atoms with Gasteiger partial charge in [0.15, 0.2) is 0 Å². The predicted molar refractivity (Wildman–Crippen MR) is 135 cm³/mol. The van der Waals surface area contributed by atoms with E-state index in [0.29, 0.717) is 35.6 Å². The first-order valence-electron chi connectivity index (χ1n) is 11.3. The summed E-state index contributed by atoms with van der Waals surface area (Å²) >= 11 is 0. The van der Waals surface area contributed by atoms with Gasteiger partial charge in [0.25, 0.3) is 0 Å². The molecule has 3 aromatic carbocycles. The van der Waals surface area contributed by atoms with Crippen LogP contribution < -0.4 is 10.5 Å². The number of hydrogen-bond donors (Lipinski definition) is 3. The van der Waals surface area contributed by atoms with Crippen LogP contribution in [0, 0.1) is 12.7 Å². The van der Waals surface area contributed by atoms with Crippen LogP contribution in [0.1, 0.15) is 11.3 Å². The number of nitrogens with zero attached hydrogens (tertiary/aromatic N) is 2. The van der Waals surface area contributed by atoms with Gasteiger partial charge in [-0.05, 0) is 60.9 Å². The van der Waals surface area contributed by atoms with Gasteiger partial charge in [0.05, 0.1) is 23.1 Å². The van der Waals surface area contributed by atoms with Crippen LogP contribution in [0.2, 0.25) is 0 Å². The second kappa shape index (κ2) is 9.56. The molecule has 0 saturated heterocycles. The van der Waals surface area contributed by atoms with Crippen LogP contribution in [0.3, 0.4) is 0 Å². The molecular formula is C28H25FN4O2. The van der Waals surface area contributed by atoms with Crippen LogP contribution in [0.15, 0.2) is 79.0 Å². The third-order valence-corrected chi connectivity index (χ3v) is 5.95. The Morgan fingerprint density at radius 2 is 1.86 bits per heavy atom. The maximum absolute atomic E-state index is 14.1. The second-order valence-electron chi connectivity index (χ2n) is 8.56. The highest BCUT2D eigenvalue weighted by molar-refractivity contribution is 5.91. The van der Waals surface area contributed by atoms with Gasteiger partial charge in [-0.25, -0.2) is 4.39 Å². The number of aromatic hydroxyl groups is 1. The van der Waals surface area contributed by atoms with Gasteiger partial charge >= 0.3 is 0 Å². The molecule has 0 unspecified atom stereocenters. The Morgan fingerprint density at radius 1 is 1.03 bits per heavy atom. The number of H-pyrrole nitrogens is 1. The zero-order valence-corrected chi connectivity index (χ0v) is 19.2. The minimum atomic E-state index is -0.459. The summed E-state index contributed by atoms with van der Waals surface area (Å²) in [5.74, 6) is 0.0188. The number of phenolic OH excluding ortho intramolecular Hbond substituents is 1. The van der Waals surface area contributed by atoms with E-state index in [1.165, 1.54) is 18.2 Å². The second-order valence-corrected chi connectivity index (χ2v) is 8.56. The molecule has 7 heteroatoms. The lowest BCUT2D eigenvalue weighted by molar-refractivity contribution is 0.287. The van der Waals surface area contributed by atoms with E-state index in [9.17, 15) is 9.50 Å². The van der Waals surface area contributed by atoms with Crippen molar-refractivity contribution in [1.29, 1.82) is 0 Å². The molecule has 5 aromatic rings. The standard InChI is InChI=1S/C28H25FN4O2/c1-17-23-12-19(7-9-26(23)33-32-17)24-14-22(35-16-21(30)11-18-5-3-2-4-6-18)15-31-28(24)25-13-20(29)8-10-27(25)34/h2-10,12-15,21,34H,11,16,30H2,1H3,(H,32,33)/t21-/m1/s1. The topological polar surface area (TPSA) is 97.0 Å². The van der Waals surface area contributed by atoms with Crippen LogP contribution in [-0.2, 0) is 6.42 Å². The Morgan fingerprint density at radius 3 is 2.69 bits per heavy atom. The van der Waals surface area contributed by atoms with Crippen LogP contribution in [0.25, 0.3) is 33.3 Å². The SMILES string of the molecule is Cc1n[nH]c2ccc(-c3cc(OC[C@H](N)Cc4ccccc4)cnc3-c3cc(F)ccc3O)cc12. The van der Waals surface area contributed by atoms with Crippen molar-refractivity contribution >= 4 is 10.9 Å². The largest absolute Gasteiger partial charge is 0.507 e. The number of phenols is 1. The summed E-state index contributed by atoms with van der Waals surface area (Å²) in [4.78, 5) is 4.56. The molecule has 0 amide bonds. The summed E-state index contributed by atoms with van der Waals surface area (Å²) in [6, 6.07) is 21.3. The normalized spacial score (nSPS) is 12.1. The summed E-state index contributed by atoms with van der Waals surface area (Å²) in [6.07, 6.45) is 2.26. The number of aromatic nitrogens is 3.